The highest BCUT2D eigenvalue weighted by atomic mass is 79.9. The maximum absolute atomic E-state index is 4.28. The summed E-state index contributed by atoms with van der Waals surface area (Å²) in [7, 11) is 0. The zero-order valence-corrected chi connectivity index (χ0v) is 13.9. The van der Waals surface area contributed by atoms with E-state index in [1.54, 1.807) is 0 Å². The van der Waals surface area contributed by atoms with Crippen molar-refractivity contribution in [2.75, 3.05) is 5.32 Å². The molecule has 1 rings (SSSR count). The van der Waals surface area contributed by atoms with Gasteiger partial charge in [0, 0.05) is 6.04 Å². The number of nitrogens with one attached hydrogen (secondary N) is 1. The van der Waals surface area contributed by atoms with E-state index in [4.69, 9.17) is 0 Å². The number of unbranched alkanes of at least 4 members (excludes halogenated alkanes) is 4. The van der Waals surface area contributed by atoms with Gasteiger partial charge in [-0.15, -0.1) is 0 Å². The fourth-order valence-corrected chi connectivity index (χ4v) is 2.50. The molecular formula is C16H27BrN2. The van der Waals surface area contributed by atoms with Crippen molar-refractivity contribution >= 4 is 21.6 Å². The first-order valence-corrected chi connectivity index (χ1v) is 8.43. The van der Waals surface area contributed by atoms with Crippen molar-refractivity contribution in [3.8, 4) is 0 Å². The van der Waals surface area contributed by atoms with E-state index in [1.165, 1.54) is 51.4 Å². The molecule has 1 heterocycles. The van der Waals surface area contributed by atoms with Crippen molar-refractivity contribution in [1.82, 2.24) is 4.98 Å². The summed E-state index contributed by atoms with van der Waals surface area (Å²) in [5.74, 6) is 0. The van der Waals surface area contributed by atoms with Gasteiger partial charge in [0.25, 0.3) is 0 Å². The quantitative estimate of drug-likeness (QED) is 0.435. The lowest BCUT2D eigenvalue weighted by Crippen LogP contribution is -2.19. The van der Waals surface area contributed by atoms with Crippen LogP contribution in [0.5, 0.6) is 0 Å². The third kappa shape index (κ3) is 7.56. The molecule has 0 bridgehead atoms. The average molecular weight is 327 g/mol. The Balaban J connectivity index is 2.44. The molecule has 0 radical (unpaired) electrons. The van der Waals surface area contributed by atoms with E-state index in [9.17, 15) is 0 Å². The first-order chi connectivity index (χ1) is 9.26. The molecule has 108 valence electrons. The number of aromatic nitrogens is 1. The molecule has 0 aromatic carbocycles. The first-order valence-electron chi connectivity index (χ1n) is 7.64. The molecule has 0 atom stereocenters. The van der Waals surface area contributed by atoms with Gasteiger partial charge < -0.3 is 5.32 Å². The minimum atomic E-state index is 0.598. The summed E-state index contributed by atoms with van der Waals surface area (Å²) in [5.41, 5.74) is 1.14. The summed E-state index contributed by atoms with van der Waals surface area (Å²) in [6.45, 7) is 4.52. The molecule has 3 heteroatoms. The monoisotopic (exact) mass is 326 g/mol. The fraction of sp³-hybridized carbons (Fsp3) is 0.688. The smallest absolute Gasteiger partial charge is 0.106 e. The predicted molar refractivity (Wildman–Crippen MR) is 87.6 cm³/mol. The lowest BCUT2D eigenvalue weighted by Gasteiger charge is -2.19. The number of halogens is 1. The Kier molecular flexibility index (Phi) is 8.89. The summed E-state index contributed by atoms with van der Waals surface area (Å²) in [6.07, 6.45) is 12.4. The maximum atomic E-state index is 4.28. The minimum Gasteiger partial charge on any atom is -0.381 e. The normalized spacial score (nSPS) is 10.9. The Morgan fingerprint density at radius 3 is 2.16 bits per heavy atom. The van der Waals surface area contributed by atoms with E-state index in [0.717, 1.165) is 10.3 Å². The number of pyridine rings is 1. The lowest BCUT2D eigenvalue weighted by molar-refractivity contribution is 0.526. The first kappa shape index (κ1) is 16.5. The zero-order valence-electron chi connectivity index (χ0n) is 12.3. The summed E-state index contributed by atoms with van der Waals surface area (Å²) in [6, 6.07) is 4.70. The second-order valence-corrected chi connectivity index (χ2v) is 6.01. The van der Waals surface area contributed by atoms with Gasteiger partial charge in [-0.2, -0.15) is 0 Å². The maximum Gasteiger partial charge on any atom is 0.106 e. The van der Waals surface area contributed by atoms with E-state index in [0.29, 0.717) is 6.04 Å². The molecule has 0 amide bonds. The van der Waals surface area contributed by atoms with Crippen LogP contribution in [0.3, 0.4) is 0 Å². The van der Waals surface area contributed by atoms with Crippen LogP contribution < -0.4 is 5.32 Å². The standard InChI is InChI=1S/C16H27BrN2/c1-3-5-7-9-14(10-8-6-4-2)19-15-11-12-16(17)18-13-15/h11-14,19H,3-10H2,1-2H3. The van der Waals surface area contributed by atoms with Crippen molar-refractivity contribution in [2.45, 2.75) is 71.3 Å². The third-order valence-electron chi connectivity index (χ3n) is 3.41. The third-order valence-corrected chi connectivity index (χ3v) is 3.88. The molecule has 0 spiro atoms. The second-order valence-electron chi connectivity index (χ2n) is 5.20. The Morgan fingerprint density at radius 1 is 1.05 bits per heavy atom. The summed E-state index contributed by atoms with van der Waals surface area (Å²) < 4.78 is 0.895. The Bertz CT molecular complexity index is 314. The summed E-state index contributed by atoms with van der Waals surface area (Å²) in [4.78, 5) is 4.28. The largest absolute Gasteiger partial charge is 0.381 e. The summed E-state index contributed by atoms with van der Waals surface area (Å²) >= 11 is 3.38. The van der Waals surface area contributed by atoms with Crippen molar-refractivity contribution < 1.29 is 0 Å². The van der Waals surface area contributed by atoms with Crippen molar-refractivity contribution in [3.05, 3.63) is 22.9 Å². The molecule has 2 nitrogen and oxygen atoms in total. The van der Waals surface area contributed by atoms with Gasteiger partial charge in [0.05, 0.1) is 11.9 Å². The number of hydrogen-bond donors (Lipinski definition) is 1. The van der Waals surface area contributed by atoms with Crippen molar-refractivity contribution in [3.63, 3.8) is 0 Å². The Hall–Kier alpha value is -0.570. The predicted octanol–water partition coefficient (Wildman–Crippen LogP) is 5.79. The van der Waals surface area contributed by atoms with Gasteiger partial charge in [0.2, 0.25) is 0 Å². The van der Waals surface area contributed by atoms with Crippen LogP contribution in [0.4, 0.5) is 5.69 Å². The number of nitrogens with zero attached hydrogens (tertiary/aromatic N) is 1. The van der Waals surface area contributed by atoms with E-state index in [1.807, 2.05) is 12.3 Å². The topological polar surface area (TPSA) is 24.9 Å². The molecule has 1 aromatic heterocycles. The van der Waals surface area contributed by atoms with Gasteiger partial charge in [-0.3, -0.25) is 0 Å². The minimum absolute atomic E-state index is 0.598. The van der Waals surface area contributed by atoms with Gasteiger partial charge in [-0.05, 0) is 40.9 Å². The van der Waals surface area contributed by atoms with Crippen LogP contribution in [0.25, 0.3) is 0 Å². The van der Waals surface area contributed by atoms with Gasteiger partial charge >= 0.3 is 0 Å². The van der Waals surface area contributed by atoms with Crippen LogP contribution in [0.2, 0.25) is 0 Å². The molecule has 0 fully saturated rings. The highest BCUT2D eigenvalue weighted by Gasteiger charge is 2.08. The Labute approximate surface area is 126 Å². The summed E-state index contributed by atoms with van der Waals surface area (Å²) in [5, 5.41) is 3.64. The lowest BCUT2D eigenvalue weighted by atomic mass is 10.0. The van der Waals surface area contributed by atoms with Gasteiger partial charge in [-0.25, -0.2) is 4.98 Å². The van der Waals surface area contributed by atoms with Gasteiger partial charge in [-0.1, -0.05) is 52.4 Å². The van der Waals surface area contributed by atoms with Crippen LogP contribution in [0.1, 0.15) is 65.2 Å². The van der Waals surface area contributed by atoms with Crippen molar-refractivity contribution in [1.29, 1.82) is 0 Å². The van der Waals surface area contributed by atoms with E-state index >= 15 is 0 Å². The van der Waals surface area contributed by atoms with Gasteiger partial charge in [0.1, 0.15) is 4.60 Å². The fourth-order valence-electron chi connectivity index (χ4n) is 2.27. The number of rotatable bonds is 10. The molecule has 0 aliphatic rings. The highest BCUT2D eigenvalue weighted by molar-refractivity contribution is 9.10. The van der Waals surface area contributed by atoms with Crippen molar-refractivity contribution in [2.24, 2.45) is 0 Å². The highest BCUT2D eigenvalue weighted by Crippen LogP contribution is 2.17. The molecule has 0 unspecified atom stereocenters. The Morgan fingerprint density at radius 2 is 1.68 bits per heavy atom. The molecule has 0 saturated carbocycles. The molecule has 0 aliphatic heterocycles. The SMILES string of the molecule is CCCCCC(CCCCC)Nc1ccc(Br)nc1. The molecule has 1 aromatic rings. The van der Waals surface area contributed by atoms with E-state index < -0.39 is 0 Å². The van der Waals surface area contributed by atoms with Gasteiger partial charge in [0.15, 0.2) is 0 Å². The molecule has 0 saturated heterocycles. The van der Waals surface area contributed by atoms with Crippen LogP contribution in [-0.2, 0) is 0 Å². The number of hydrogen-bond acceptors (Lipinski definition) is 2. The van der Waals surface area contributed by atoms with Crippen LogP contribution in [0, 0.1) is 0 Å². The number of anilines is 1. The molecule has 1 N–H and O–H groups in total. The van der Waals surface area contributed by atoms with E-state index in [2.05, 4.69) is 46.1 Å². The molecular weight excluding hydrogens is 300 g/mol. The zero-order chi connectivity index (χ0) is 13.9. The van der Waals surface area contributed by atoms with E-state index in [-0.39, 0.29) is 0 Å². The molecule has 0 aliphatic carbocycles. The van der Waals surface area contributed by atoms with Crippen LogP contribution >= 0.6 is 15.9 Å². The average Bonchev–Trinajstić information content (AvgIpc) is 2.41. The second kappa shape index (κ2) is 10.2. The molecule has 19 heavy (non-hydrogen) atoms. The van der Waals surface area contributed by atoms with Crippen LogP contribution in [0.15, 0.2) is 22.9 Å². The van der Waals surface area contributed by atoms with Crippen LogP contribution in [-0.4, -0.2) is 11.0 Å².